The molecule has 0 spiro atoms. The SMILES string of the molecule is O=Cc1cccc2nc(-c3ccc(Cl)o3)cn12. The highest BCUT2D eigenvalue weighted by molar-refractivity contribution is 6.28. The minimum absolute atomic E-state index is 0.313. The highest BCUT2D eigenvalue weighted by atomic mass is 35.5. The third kappa shape index (κ3) is 1.62. The molecule has 0 aliphatic carbocycles. The summed E-state index contributed by atoms with van der Waals surface area (Å²) in [4.78, 5) is 15.2. The molecular formula is C12H7ClN2O2. The van der Waals surface area contributed by atoms with Gasteiger partial charge in [0.05, 0.1) is 5.69 Å². The summed E-state index contributed by atoms with van der Waals surface area (Å²) in [5, 5.41) is 0.313. The van der Waals surface area contributed by atoms with Crippen LogP contribution in [0.3, 0.4) is 0 Å². The molecule has 0 saturated heterocycles. The number of nitrogens with zero attached hydrogens (tertiary/aromatic N) is 2. The second kappa shape index (κ2) is 3.75. The van der Waals surface area contributed by atoms with Crippen molar-refractivity contribution in [2.45, 2.75) is 0 Å². The maximum atomic E-state index is 10.9. The van der Waals surface area contributed by atoms with E-state index in [1.807, 2.05) is 6.07 Å². The molecule has 0 bridgehead atoms. The van der Waals surface area contributed by atoms with Gasteiger partial charge in [0, 0.05) is 6.20 Å². The summed E-state index contributed by atoms with van der Waals surface area (Å²) < 4.78 is 6.98. The van der Waals surface area contributed by atoms with Crippen molar-refractivity contribution in [3.63, 3.8) is 0 Å². The largest absolute Gasteiger partial charge is 0.443 e. The predicted octanol–water partition coefficient (Wildman–Crippen LogP) is 3.06. The molecule has 3 rings (SSSR count). The van der Waals surface area contributed by atoms with E-state index in [1.54, 1.807) is 34.9 Å². The van der Waals surface area contributed by atoms with E-state index in [1.165, 1.54) is 0 Å². The fourth-order valence-electron chi connectivity index (χ4n) is 1.70. The Hall–Kier alpha value is -2.07. The molecule has 0 radical (unpaired) electrons. The van der Waals surface area contributed by atoms with Crippen molar-refractivity contribution in [3.8, 4) is 11.5 Å². The van der Waals surface area contributed by atoms with Crippen LogP contribution in [0.25, 0.3) is 17.1 Å². The van der Waals surface area contributed by atoms with Crippen molar-refractivity contribution >= 4 is 23.5 Å². The Morgan fingerprint density at radius 1 is 1.29 bits per heavy atom. The van der Waals surface area contributed by atoms with Crippen LogP contribution < -0.4 is 0 Å². The van der Waals surface area contributed by atoms with Crippen LogP contribution in [0.5, 0.6) is 0 Å². The summed E-state index contributed by atoms with van der Waals surface area (Å²) in [6.45, 7) is 0. The molecule has 0 N–H and O–H groups in total. The number of hydrogen-bond donors (Lipinski definition) is 0. The Morgan fingerprint density at radius 3 is 2.88 bits per heavy atom. The number of hydrogen-bond acceptors (Lipinski definition) is 3. The molecule has 17 heavy (non-hydrogen) atoms. The highest BCUT2D eigenvalue weighted by Crippen LogP contribution is 2.24. The smallest absolute Gasteiger partial charge is 0.194 e. The number of aldehydes is 1. The quantitative estimate of drug-likeness (QED) is 0.653. The van der Waals surface area contributed by atoms with Gasteiger partial charge in [0.2, 0.25) is 0 Å². The second-order valence-electron chi connectivity index (χ2n) is 3.53. The van der Waals surface area contributed by atoms with Crippen molar-refractivity contribution in [1.29, 1.82) is 0 Å². The molecular weight excluding hydrogens is 240 g/mol. The minimum atomic E-state index is 0.313. The van der Waals surface area contributed by atoms with Gasteiger partial charge in [-0.15, -0.1) is 0 Å². The van der Waals surface area contributed by atoms with Crippen LogP contribution >= 0.6 is 11.6 Å². The lowest BCUT2D eigenvalue weighted by Gasteiger charge is -1.94. The summed E-state index contributed by atoms with van der Waals surface area (Å²) in [5.41, 5.74) is 1.88. The average molecular weight is 247 g/mol. The van der Waals surface area contributed by atoms with Crippen molar-refractivity contribution in [1.82, 2.24) is 9.38 Å². The third-order valence-electron chi connectivity index (χ3n) is 2.47. The van der Waals surface area contributed by atoms with Gasteiger partial charge in [-0.2, -0.15) is 0 Å². The monoisotopic (exact) mass is 246 g/mol. The van der Waals surface area contributed by atoms with Gasteiger partial charge in [0.25, 0.3) is 0 Å². The van der Waals surface area contributed by atoms with Crippen LogP contribution in [0, 0.1) is 0 Å². The Bertz CT molecular complexity index is 699. The van der Waals surface area contributed by atoms with E-state index >= 15 is 0 Å². The zero-order chi connectivity index (χ0) is 11.8. The summed E-state index contributed by atoms with van der Waals surface area (Å²) in [6.07, 6.45) is 2.53. The van der Waals surface area contributed by atoms with Crippen molar-refractivity contribution in [2.24, 2.45) is 0 Å². The van der Waals surface area contributed by atoms with Crippen LogP contribution in [0.15, 0.2) is 40.9 Å². The number of halogens is 1. The molecule has 0 aliphatic heterocycles. The Morgan fingerprint density at radius 2 is 2.18 bits per heavy atom. The number of carbonyl (C=O) groups excluding carboxylic acids is 1. The first-order chi connectivity index (χ1) is 8.28. The normalized spacial score (nSPS) is 10.9. The summed E-state index contributed by atoms with van der Waals surface area (Å²) >= 11 is 5.71. The Kier molecular flexibility index (Phi) is 2.23. The molecule has 0 atom stereocenters. The number of furan rings is 1. The van der Waals surface area contributed by atoms with Gasteiger partial charge in [0.1, 0.15) is 11.3 Å². The van der Waals surface area contributed by atoms with Crippen LogP contribution in [0.1, 0.15) is 10.5 Å². The molecule has 4 nitrogen and oxygen atoms in total. The average Bonchev–Trinajstić information content (AvgIpc) is 2.93. The van der Waals surface area contributed by atoms with Crippen molar-refractivity contribution in [3.05, 3.63) is 47.4 Å². The topological polar surface area (TPSA) is 47.5 Å². The number of rotatable bonds is 2. The number of imidazole rings is 1. The molecule has 5 heteroatoms. The molecule has 3 aromatic rings. The van der Waals surface area contributed by atoms with Gasteiger partial charge >= 0.3 is 0 Å². The fourth-order valence-corrected chi connectivity index (χ4v) is 1.84. The zero-order valence-corrected chi connectivity index (χ0v) is 9.39. The predicted molar refractivity (Wildman–Crippen MR) is 63.3 cm³/mol. The number of fused-ring (bicyclic) bond motifs is 1. The first kappa shape index (κ1) is 10.1. The lowest BCUT2D eigenvalue weighted by molar-refractivity contribution is 0.111. The van der Waals surface area contributed by atoms with Crippen molar-refractivity contribution < 1.29 is 9.21 Å². The van der Waals surface area contributed by atoms with E-state index in [4.69, 9.17) is 16.0 Å². The maximum absolute atomic E-state index is 10.9. The Balaban J connectivity index is 2.23. The van der Waals surface area contributed by atoms with E-state index in [9.17, 15) is 4.79 Å². The molecule has 0 unspecified atom stereocenters. The highest BCUT2D eigenvalue weighted by Gasteiger charge is 2.09. The molecule has 3 heterocycles. The van der Waals surface area contributed by atoms with Gasteiger partial charge in [-0.25, -0.2) is 4.98 Å². The van der Waals surface area contributed by atoms with E-state index in [0.29, 0.717) is 28.0 Å². The first-order valence-corrected chi connectivity index (χ1v) is 5.35. The number of carbonyl (C=O) groups is 1. The third-order valence-corrected chi connectivity index (χ3v) is 2.67. The second-order valence-corrected chi connectivity index (χ2v) is 3.90. The maximum Gasteiger partial charge on any atom is 0.194 e. The lowest BCUT2D eigenvalue weighted by atomic mass is 10.3. The van der Waals surface area contributed by atoms with Gasteiger partial charge < -0.3 is 4.42 Å². The standard InChI is InChI=1S/C12H7ClN2O2/c13-11-5-4-10(17-11)9-6-15-8(7-16)2-1-3-12(15)14-9/h1-7H. The van der Waals surface area contributed by atoms with Gasteiger partial charge in [-0.05, 0) is 35.9 Å². The van der Waals surface area contributed by atoms with Crippen LogP contribution in [-0.2, 0) is 0 Å². The van der Waals surface area contributed by atoms with E-state index in [0.717, 1.165) is 6.29 Å². The Labute approximate surface area is 101 Å². The van der Waals surface area contributed by atoms with Gasteiger partial charge in [0.15, 0.2) is 17.3 Å². The zero-order valence-electron chi connectivity index (χ0n) is 8.63. The van der Waals surface area contributed by atoms with Gasteiger partial charge in [-0.1, -0.05) is 6.07 Å². The summed E-state index contributed by atoms with van der Waals surface area (Å²) in [5.74, 6) is 0.579. The van der Waals surface area contributed by atoms with E-state index in [2.05, 4.69) is 4.98 Å². The lowest BCUT2D eigenvalue weighted by Crippen LogP contribution is -1.91. The molecule has 0 fully saturated rings. The van der Waals surface area contributed by atoms with E-state index < -0.39 is 0 Å². The summed E-state index contributed by atoms with van der Waals surface area (Å²) in [6, 6.07) is 8.72. The molecule has 0 amide bonds. The van der Waals surface area contributed by atoms with Crippen LogP contribution in [0.4, 0.5) is 0 Å². The van der Waals surface area contributed by atoms with Crippen LogP contribution in [0.2, 0.25) is 5.22 Å². The first-order valence-electron chi connectivity index (χ1n) is 4.97. The summed E-state index contributed by atoms with van der Waals surface area (Å²) in [7, 11) is 0. The molecule has 84 valence electrons. The molecule has 3 aromatic heterocycles. The van der Waals surface area contributed by atoms with E-state index in [-0.39, 0.29) is 0 Å². The van der Waals surface area contributed by atoms with Crippen molar-refractivity contribution in [2.75, 3.05) is 0 Å². The number of pyridine rings is 1. The van der Waals surface area contributed by atoms with Crippen LogP contribution in [-0.4, -0.2) is 15.7 Å². The molecule has 0 saturated carbocycles. The minimum Gasteiger partial charge on any atom is -0.443 e. The number of aromatic nitrogens is 2. The molecule has 0 aliphatic rings. The molecule has 0 aromatic carbocycles. The van der Waals surface area contributed by atoms with Gasteiger partial charge in [-0.3, -0.25) is 9.20 Å². The fraction of sp³-hybridized carbons (Fsp3) is 0.